The largest absolute Gasteiger partial charge is 0.495 e. The third-order valence-electron chi connectivity index (χ3n) is 7.09. The number of hydrogen-bond donors (Lipinski definition) is 3. The molecule has 2 aromatic heterocycles. The lowest BCUT2D eigenvalue weighted by atomic mass is 10.0. The van der Waals surface area contributed by atoms with Crippen LogP contribution in [0, 0.1) is 0 Å². The molecule has 0 unspecified atom stereocenters. The van der Waals surface area contributed by atoms with E-state index >= 15 is 0 Å². The third-order valence-corrected chi connectivity index (χ3v) is 7.96. The fourth-order valence-corrected chi connectivity index (χ4v) is 5.56. The summed E-state index contributed by atoms with van der Waals surface area (Å²) in [7, 11) is 6.00. The maximum Gasteiger partial charge on any atom is 0.250 e. The zero-order chi connectivity index (χ0) is 24.7. The second-order valence-corrected chi connectivity index (χ2v) is 10.8. The highest BCUT2D eigenvalue weighted by molar-refractivity contribution is 7.17. The number of nitrogens with zero attached hydrogens (tertiary/aromatic N) is 4. The minimum atomic E-state index is -0.473. The second kappa shape index (κ2) is 9.16. The molecule has 186 valence electrons. The maximum atomic E-state index is 12.0. The molecule has 10 heteroatoms. The monoisotopic (exact) mass is 495 g/mol. The van der Waals surface area contributed by atoms with E-state index in [1.54, 1.807) is 12.5 Å². The van der Waals surface area contributed by atoms with Gasteiger partial charge in [0.05, 0.1) is 23.7 Å². The zero-order valence-corrected chi connectivity index (χ0v) is 21.5. The average Bonchev–Trinajstić information content (AvgIpc) is 3.39. The molecule has 0 atom stereocenters. The molecule has 2 fully saturated rings. The van der Waals surface area contributed by atoms with Gasteiger partial charge in [0.1, 0.15) is 16.4 Å². The fourth-order valence-electron chi connectivity index (χ4n) is 4.64. The number of piperidine rings is 1. The van der Waals surface area contributed by atoms with Crippen LogP contribution in [0.1, 0.15) is 43.0 Å². The Morgan fingerprint density at radius 3 is 2.63 bits per heavy atom. The maximum absolute atomic E-state index is 12.0. The number of nitrogens with two attached hydrogens (primary N) is 1. The van der Waals surface area contributed by atoms with Crippen molar-refractivity contribution < 1.29 is 9.53 Å². The van der Waals surface area contributed by atoms with Crippen LogP contribution in [0.2, 0.25) is 0 Å². The summed E-state index contributed by atoms with van der Waals surface area (Å²) >= 11 is 1.39. The second-order valence-electron chi connectivity index (χ2n) is 9.97. The number of primary amides is 1. The first-order chi connectivity index (χ1) is 16.8. The van der Waals surface area contributed by atoms with Gasteiger partial charge in [-0.2, -0.15) is 4.98 Å². The molecule has 1 amide bonds. The van der Waals surface area contributed by atoms with Gasteiger partial charge in [0.2, 0.25) is 11.9 Å². The summed E-state index contributed by atoms with van der Waals surface area (Å²) in [4.78, 5) is 26.8. The Morgan fingerprint density at radius 2 is 2.00 bits per heavy atom. The van der Waals surface area contributed by atoms with Crippen LogP contribution < -0.4 is 26.0 Å². The van der Waals surface area contributed by atoms with Crippen molar-refractivity contribution in [1.29, 1.82) is 0 Å². The quantitative estimate of drug-likeness (QED) is 0.430. The van der Waals surface area contributed by atoms with Crippen molar-refractivity contribution in [2.75, 3.05) is 49.8 Å². The van der Waals surface area contributed by atoms with Gasteiger partial charge in [-0.3, -0.25) is 4.79 Å². The molecular formula is C25H33N7O2S. The first-order valence-corrected chi connectivity index (χ1v) is 12.9. The number of carbonyl (C=O) groups is 1. The minimum Gasteiger partial charge on any atom is -0.495 e. The van der Waals surface area contributed by atoms with Crippen molar-refractivity contribution in [3.63, 3.8) is 0 Å². The number of thiophene rings is 1. The van der Waals surface area contributed by atoms with Crippen LogP contribution in [0.3, 0.4) is 0 Å². The summed E-state index contributed by atoms with van der Waals surface area (Å²) in [5, 5.41) is 9.28. The van der Waals surface area contributed by atoms with Crippen LogP contribution in [-0.4, -0.2) is 66.7 Å². The first kappa shape index (κ1) is 23.6. The zero-order valence-electron chi connectivity index (χ0n) is 20.7. The van der Waals surface area contributed by atoms with Crippen molar-refractivity contribution >= 4 is 50.6 Å². The predicted octanol–water partition coefficient (Wildman–Crippen LogP) is 4.04. The van der Waals surface area contributed by atoms with Crippen LogP contribution in [0.5, 0.6) is 5.75 Å². The smallest absolute Gasteiger partial charge is 0.250 e. The van der Waals surface area contributed by atoms with Crippen LogP contribution in [0.15, 0.2) is 23.6 Å². The molecule has 0 spiro atoms. The van der Waals surface area contributed by atoms with Crippen molar-refractivity contribution in [2.24, 2.45) is 5.73 Å². The molecule has 1 saturated carbocycles. The number of aromatic nitrogens is 2. The molecule has 0 radical (unpaired) electrons. The fraction of sp³-hybridized carbons (Fsp3) is 0.480. The molecule has 1 aromatic carbocycles. The topological polar surface area (TPSA) is 109 Å². The number of amides is 1. The van der Waals surface area contributed by atoms with Crippen molar-refractivity contribution in [2.45, 2.75) is 44.2 Å². The molecule has 35 heavy (non-hydrogen) atoms. The standard InChI is InChI=1S/C25H33N7O2S/c1-25(9-10-25)30-22-20-17(21(26)33)14-35-23(20)29-24(28-22)27-15-5-6-18(19(13-15)34-4)32-11-7-16(8-12-32)31(2)3/h5-6,13-14,16H,7-12H2,1-4H3,(H2,26,33)(H2,27,28,29,30). The Bertz CT molecular complexity index is 1250. The number of rotatable bonds is 8. The number of fused-ring (bicyclic) bond motifs is 1. The highest BCUT2D eigenvalue weighted by atomic mass is 32.1. The Kier molecular flexibility index (Phi) is 6.18. The Labute approximate surface area is 209 Å². The van der Waals surface area contributed by atoms with Crippen LogP contribution in [0.25, 0.3) is 10.2 Å². The number of carbonyl (C=O) groups excluding carboxylic acids is 1. The van der Waals surface area contributed by atoms with E-state index in [0.29, 0.717) is 28.8 Å². The molecule has 3 aromatic rings. The number of nitrogens with one attached hydrogen (secondary N) is 2. The summed E-state index contributed by atoms with van der Waals surface area (Å²) in [6, 6.07) is 6.73. The number of methoxy groups -OCH3 is 1. The molecule has 0 bridgehead atoms. The van der Waals surface area contributed by atoms with Crippen LogP contribution in [-0.2, 0) is 0 Å². The molecule has 1 aliphatic carbocycles. The van der Waals surface area contributed by atoms with Crippen LogP contribution in [0.4, 0.5) is 23.1 Å². The summed E-state index contributed by atoms with van der Waals surface area (Å²) in [5.74, 6) is 1.44. The molecule has 4 N–H and O–H groups in total. The molecule has 2 aliphatic rings. The Morgan fingerprint density at radius 1 is 1.26 bits per heavy atom. The van der Waals surface area contributed by atoms with Gasteiger partial charge in [0, 0.05) is 41.8 Å². The van der Waals surface area contributed by atoms with E-state index in [2.05, 4.69) is 52.5 Å². The Hall–Kier alpha value is -3.11. The third kappa shape index (κ3) is 4.85. The van der Waals surface area contributed by atoms with Gasteiger partial charge >= 0.3 is 0 Å². The summed E-state index contributed by atoms with van der Waals surface area (Å²) in [5.41, 5.74) is 7.98. The molecular weight excluding hydrogens is 462 g/mol. The molecule has 1 saturated heterocycles. The number of anilines is 4. The van der Waals surface area contributed by atoms with E-state index in [0.717, 1.165) is 60.7 Å². The molecule has 3 heterocycles. The minimum absolute atomic E-state index is 0.0136. The van der Waals surface area contributed by atoms with E-state index in [1.165, 1.54) is 11.3 Å². The van der Waals surface area contributed by atoms with Gasteiger partial charge in [-0.15, -0.1) is 11.3 Å². The van der Waals surface area contributed by atoms with Gasteiger partial charge in [0.25, 0.3) is 0 Å². The van der Waals surface area contributed by atoms with Crippen LogP contribution >= 0.6 is 11.3 Å². The van der Waals surface area contributed by atoms with Crippen molar-refractivity contribution in [3.05, 3.63) is 29.1 Å². The van der Waals surface area contributed by atoms with Crippen molar-refractivity contribution in [1.82, 2.24) is 14.9 Å². The summed E-state index contributed by atoms with van der Waals surface area (Å²) in [6.07, 6.45) is 4.38. The van der Waals surface area contributed by atoms with E-state index in [4.69, 9.17) is 15.5 Å². The first-order valence-electron chi connectivity index (χ1n) is 12.0. The Balaban J connectivity index is 1.41. The lowest BCUT2D eigenvalue weighted by Crippen LogP contribution is -2.42. The van der Waals surface area contributed by atoms with E-state index < -0.39 is 5.91 Å². The van der Waals surface area contributed by atoms with Gasteiger partial charge in [-0.25, -0.2) is 4.98 Å². The lowest BCUT2D eigenvalue weighted by Gasteiger charge is -2.37. The SMILES string of the molecule is COc1cc(Nc2nc(NC3(C)CC3)c3c(C(N)=O)csc3n2)ccc1N1CCC(N(C)C)CC1. The van der Waals surface area contributed by atoms with E-state index in [-0.39, 0.29) is 5.54 Å². The molecule has 5 rings (SSSR count). The highest BCUT2D eigenvalue weighted by Gasteiger charge is 2.38. The van der Waals surface area contributed by atoms with Crippen molar-refractivity contribution in [3.8, 4) is 5.75 Å². The average molecular weight is 496 g/mol. The molecule has 1 aliphatic heterocycles. The highest BCUT2D eigenvalue weighted by Crippen LogP contribution is 2.41. The number of hydrogen-bond acceptors (Lipinski definition) is 9. The lowest BCUT2D eigenvalue weighted by molar-refractivity contribution is 0.100. The van der Waals surface area contributed by atoms with E-state index in [9.17, 15) is 4.79 Å². The normalized spacial score (nSPS) is 17.6. The van der Waals surface area contributed by atoms with E-state index in [1.807, 2.05) is 12.1 Å². The number of benzene rings is 1. The van der Waals surface area contributed by atoms with Gasteiger partial charge in [-0.1, -0.05) is 0 Å². The molecule has 9 nitrogen and oxygen atoms in total. The summed E-state index contributed by atoms with van der Waals surface area (Å²) in [6.45, 7) is 4.15. The van der Waals surface area contributed by atoms with Gasteiger partial charge < -0.3 is 30.9 Å². The van der Waals surface area contributed by atoms with Gasteiger partial charge in [-0.05, 0) is 58.8 Å². The summed E-state index contributed by atoms with van der Waals surface area (Å²) < 4.78 is 5.75. The number of ether oxygens (including phenoxy) is 1. The predicted molar refractivity (Wildman–Crippen MR) is 142 cm³/mol. The van der Waals surface area contributed by atoms with Gasteiger partial charge in [0.15, 0.2) is 0 Å².